The first kappa shape index (κ1) is 15.7. The molecule has 6 nitrogen and oxygen atoms in total. The fraction of sp³-hybridized carbons (Fsp3) is 0.167. The minimum absolute atomic E-state index is 0.272. The van der Waals surface area contributed by atoms with Crippen LogP contribution < -0.4 is 10.6 Å². The number of nitrogens with zero attached hydrogens (tertiary/aromatic N) is 3. The quantitative estimate of drug-likeness (QED) is 0.775. The molecule has 0 unspecified atom stereocenters. The van der Waals surface area contributed by atoms with Crippen LogP contribution in [0.2, 0.25) is 0 Å². The van der Waals surface area contributed by atoms with E-state index in [4.69, 9.17) is 0 Å². The van der Waals surface area contributed by atoms with Crippen LogP contribution in [0.1, 0.15) is 17.1 Å². The largest absolute Gasteiger partial charge is 0.332 e. The number of urea groups is 1. The minimum Gasteiger partial charge on any atom is -0.332 e. The van der Waals surface area contributed by atoms with Crippen LogP contribution in [-0.4, -0.2) is 20.8 Å². The van der Waals surface area contributed by atoms with E-state index < -0.39 is 0 Å². The van der Waals surface area contributed by atoms with Crippen molar-refractivity contribution < 1.29 is 4.79 Å². The molecule has 0 atom stereocenters. The number of carbonyl (C=O) groups excluding carboxylic acids is 1. The summed E-state index contributed by atoms with van der Waals surface area (Å²) >= 11 is 0. The second kappa shape index (κ2) is 6.95. The molecular formula is C18H19N5O. The maximum atomic E-state index is 12.0. The Kier molecular flexibility index (Phi) is 4.56. The molecule has 2 aromatic heterocycles. The van der Waals surface area contributed by atoms with E-state index in [1.807, 2.05) is 67.1 Å². The van der Waals surface area contributed by atoms with Crippen molar-refractivity contribution in [2.75, 3.05) is 5.32 Å². The lowest BCUT2D eigenvalue weighted by atomic mass is 10.2. The third-order valence-electron chi connectivity index (χ3n) is 3.51. The van der Waals surface area contributed by atoms with E-state index in [1.54, 1.807) is 6.20 Å². The second-order valence-electron chi connectivity index (χ2n) is 5.52. The second-order valence-corrected chi connectivity index (χ2v) is 5.52. The molecule has 1 aromatic carbocycles. The first-order chi connectivity index (χ1) is 11.6. The summed E-state index contributed by atoms with van der Waals surface area (Å²) in [4.78, 5) is 16.2. The van der Waals surface area contributed by atoms with Gasteiger partial charge in [0.25, 0.3) is 0 Å². The van der Waals surface area contributed by atoms with Gasteiger partial charge in [-0.3, -0.25) is 4.98 Å². The van der Waals surface area contributed by atoms with E-state index in [0.717, 1.165) is 22.8 Å². The lowest BCUT2D eigenvalue weighted by Crippen LogP contribution is -2.28. The predicted octanol–water partition coefficient (Wildman–Crippen LogP) is 3.21. The van der Waals surface area contributed by atoms with E-state index in [1.165, 1.54) is 0 Å². The maximum Gasteiger partial charge on any atom is 0.319 e. The Balaban J connectivity index is 1.66. The van der Waals surface area contributed by atoms with Gasteiger partial charge < -0.3 is 10.6 Å². The van der Waals surface area contributed by atoms with E-state index in [-0.39, 0.29) is 6.03 Å². The highest BCUT2D eigenvalue weighted by atomic mass is 16.2. The molecular weight excluding hydrogens is 302 g/mol. The van der Waals surface area contributed by atoms with Crippen molar-refractivity contribution in [1.82, 2.24) is 20.1 Å². The summed E-state index contributed by atoms with van der Waals surface area (Å²) in [5.41, 5.74) is 4.42. The van der Waals surface area contributed by atoms with Gasteiger partial charge in [-0.25, -0.2) is 9.48 Å². The van der Waals surface area contributed by atoms with Gasteiger partial charge in [-0.1, -0.05) is 12.1 Å². The topological polar surface area (TPSA) is 71.8 Å². The van der Waals surface area contributed by atoms with E-state index in [0.29, 0.717) is 12.2 Å². The van der Waals surface area contributed by atoms with Crippen molar-refractivity contribution in [2.45, 2.75) is 20.4 Å². The number of hydrogen-bond acceptors (Lipinski definition) is 3. The zero-order chi connectivity index (χ0) is 16.9. The number of benzene rings is 1. The number of nitrogens with one attached hydrogen (secondary N) is 2. The Morgan fingerprint density at radius 1 is 1.12 bits per heavy atom. The van der Waals surface area contributed by atoms with Gasteiger partial charge in [0, 0.05) is 17.6 Å². The van der Waals surface area contributed by atoms with Crippen molar-refractivity contribution in [3.05, 3.63) is 71.8 Å². The Morgan fingerprint density at radius 3 is 2.71 bits per heavy atom. The van der Waals surface area contributed by atoms with E-state index in [2.05, 4.69) is 20.7 Å². The predicted molar refractivity (Wildman–Crippen MR) is 93.1 cm³/mol. The molecule has 3 aromatic rings. The van der Waals surface area contributed by atoms with Gasteiger partial charge in [0.05, 0.1) is 23.6 Å². The van der Waals surface area contributed by atoms with Crippen LogP contribution >= 0.6 is 0 Å². The minimum atomic E-state index is -0.272. The van der Waals surface area contributed by atoms with Crippen molar-refractivity contribution in [2.24, 2.45) is 0 Å². The van der Waals surface area contributed by atoms with Crippen molar-refractivity contribution in [3.63, 3.8) is 0 Å². The molecule has 0 saturated carbocycles. The van der Waals surface area contributed by atoms with Gasteiger partial charge >= 0.3 is 6.03 Å². The summed E-state index contributed by atoms with van der Waals surface area (Å²) < 4.78 is 1.85. The van der Waals surface area contributed by atoms with Crippen LogP contribution in [0.4, 0.5) is 10.5 Å². The number of carbonyl (C=O) groups is 1. The molecule has 2 amide bonds. The number of rotatable bonds is 4. The van der Waals surface area contributed by atoms with Crippen LogP contribution in [0.15, 0.2) is 54.7 Å². The molecule has 0 radical (unpaired) electrons. The zero-order valence-electron chi connectivity index (χ0n) is 13.7. The third-order valence-corrected chi connectivity index (χ3v) is 3.51. The highest BCUT2D eigenvalue weighted by Crippen LogP contribution is 2.16. The maximum absolute atomic E-state index is 12.0. The molecule has 6 heteroatoms. The molecule has 3 rings (SSSR count). The molecule has 2 N–H and O–H groups in total. The molecule has 0 spiro atoms. The average molecular weight is 321 g/mol. The number of pyridine rings is 1. The van der Waals surface area contributed by atoms with Gasteiger partial charge in [-0.15, -0.1) is 0 Å². The molecule has 0 aliphatic rings. The zero-order valence-corrected chi connectivity index (χ0v) is 13.7. The Bertz CT molecular complexity index is 842. The number of aromatic nitrogens is 3. The number of aryl methyl sites for hydroxylation is 2. The number of anilines is 1. The van der Waals surface area contributed by atoms with Crippen LogP contribution in [0.25, 0.3) is 5.69 Å². The van der Waals surface area contributed by atoms with E-state index in [9.17, 15) is 4.79 Å². The highest BCUT2D eigenvalue weighted by Gasteiger charge is 2.06. The standard InChI is InChI=1S/C18H19N5O/c1-13-10-14(2)23(22-13)17-8-5-7-15(11-17)21-18(24)20-12-16-6-3-4-9-19-16/h3-11H,12H2,1-2H3,(H2,20,21,24). The monoisotopic (exact) mass is 321 g/mol. The lowest BCUT2D eigenvalue weighted by Gasteiger charge is -2.10. The SMILES string of the molecule is Cc1cc(C)n(-c2cccc(NC(=O)NCc3ccccn3)c2)n1. The highest BCUT2D eigenvalue weighted by molar-refractivity contribution is 5.89. The lowest BCUT2D eigenvalue weighted by molar-refractivity contribution is 0.251. The Morgan fingerprint density at radius 2 is 2.00 bits per heavy atom. The van der Waals surface area contributed by atoms with Crippen molar-refractivity contribution in [1.29, 1.82) is 0 Å². The summed E-state index contributed by atoms with van der Waals surface area (Å²) in [5.74, 6) is 0. The van der Waals surface area contributed by atoms with Gasteiger partial charge in [0.15, 0.2) is 0 Å². The van der Waals surface area contributed by atoms with E-state index >= 15 is 0 Å². The molecule has 0 saturated heterocycles. The number of amides is 2. The summed E-state index contributed by atoms with van der Waals surface area (Å²) in [7, 11) is 0. The van der Waals surface area contributed by atoms with Gasteiger partial charge in [-0.05, 0) is 50.2 Å². The fourth-order valence-electron chi connectivity index (χ4n) is 2.45. The first-order valence-electron chi connectivity index (χ1n) is 7.70. The normalized spacial score (nSPS) is 10.4. The summed E-state index contributed by atoms with van der Waals surface area (Å²) in [6.07, 6.45) is 1.70. The van der Waals surface area contributed by atoms with Gasteiger partial charge in [0.1, 0.15) is 0 Å². The Hall–Kier alpha value is -3.15. The summed E-state index contributed by atoms with van der Waals surface area (Å²) in [6.45, 7) is 4.33. The molecule has 0 fully saturated rings. The molecule has 0 aliphatic heterocycles. The molecule has 0 aliphatic carbocycles. The van der Waals surface area contributed by atoms with Crippen LogP contribution in [0, 0.1) is 13.8 Å². The fourth-order valence-corrected chi connectivity index (χ4v) is 2.45. The number of hydrogen-bond donors (Lipinski definition) is 2. The molecule has 2 heterocycles. The van der Waals surface area contributed by atoms with Crippen molar-refractivity contribution in [3.8, 4) is 5.69 Å². The van der Waals surface area contributed by atoms with Gasteiger partial charge in [0.2, 0.25) is 0 Å². The Labute approximate surface area is 140 Å². The molecule has 122 valence electrons. The van der Waals surface area contributed by atoms with Crippen LogP contribution in [-0.2, 0) is 6.54 Å². The van der Waals surface area contributed by atoms with Crippen LogP contribution in [0.5, 0.6) is 0 Å². The van der Waals surface area contributed by atoms with Crippen LogP contribution in [0.3, 0.4) is 0 Å². The summed E-state index contributed by atoms with van der Waals surface area (Å²) in [5, 5.41) is 10.1. The van der Waals surface area contributed by atoms with Gasteiger partial charge in [-0.2, -0.15) is 5.10 Å². The third kappa shape index (κ3) is 3.78. The molecule has 0 bridgehead atoms. The first-order valence-corrected chi connectivity index (χ1v) is 7.70. The average Bonchev–Trinajstić information content (AvgIpc) is 2.93. The molecule has 24 heavy (non-hydrogen) atoms. The van der Waals surface area contributed by atoms with Crippen molar-refractivity contribution >= 4 is 11.7 Å². The smallest absolute Gasteiger partial charge is 0.319 e. The summed E-state index contributed by atoms with van der Waals surface area (Å²) in [6, 6.07) is 14.9.